The van der Waals surface area contributed by atoms with E-state index < -0.39 is 12.0 Å². The van der Waals surface area contributed by atoms with Crippen LogP contribution in [0.5, 0.6) is 0 Å². The van der Waals surface area contributed by atoms with Crippen LogP contribution in [0.25, 0.3) is 0 Å². The molecule has 0 aromatic rings. The molecule has 2 aliphatic rings. The van der Waals surface area contributed by atoms with Gasteiger partial charge in [-0.05, 0) is 14.1 Å². The van der Waals surface area contributed by atoms with Gasteiger partial charge >= 0.3 is 5.97 Å². The lowest BCUT2D eigenvalue weighted by Gasteiger charge is -2.21. The quantitative estimate of drug-likeness (QED) is 0.390. The van der Waals surface area contributed by atoms with E-state index in [9.17, 15) is 4.79 Å². The van der Waals surface area contributed by atoms with Crippen molar-refractivity contribution in [1.82, 2.24) is 20.4 Å². The third-order valence-corrected chi connectivity index (χ3v) is 3.59. The molecule has 2 fully saturated rings. The number of piperazine rings is 2. The van der Waals surface area contributed by atoms with Gasteiger partial charge in [0.05, 0.1) is 0 Å². The number of nitrogens with zero attached hydrogens (tertiary/aromatic N) is 2. The zero-order chi connectivity index (χ0) is 16.1. The number of thiol groups is 1. The monoisotopic (exact) mass is 321 g/mol. The van der Waals surface area contributed by atoms with Crippen molar-refractivity contribution in [2.45, 2.75) is 6.04 Å². The van der Waals surface area contributed by atoms with Crippen LogP contribution in [0.2, 0.25) is 0 Å². The average molecular weight is 321 g/mol. The third kappa shape index (κ3) is 13.0. The van der Waals surface area contributed by atoms with Crippen LogP contribution in [0.3, 0.4) is 0 Å². The summed E-state index contributed by atoms with van der Waals surface area (Å²) in [5, 5.41) is 14.6. The number of hydrogen-bond acceptors (Lipinski definition) is 7. The number of aliphatic carboxylic acids is 1. The third-order valence-electron chi connectivity index (χ3n) is 3.20. The first kappa shape index (κ1) is 20.6. The fourth-order valence-corrected chi connectivity index (χ4v) is 1.79. The van der Waals surface area contributed by atoms with E-state index in [2.05, 4.69) is 47.2 Å². The minimum Gasteiger partial charge on any atom is -0.480 e. The first-order valence-corrected chi connectivity index (χ1v) is 7.98. The zero-order valence-electron chi connectivity index (χ0n) is 13.2. The summed E-state index contributed by atoms with van der Waals surface area (Å²) in [6.45, 7) is 9.49. The maximum atomic E-state index is 9.76. The van der Waals surface area contributed by atoms with Gasteiger partial charge in [0.25, 0.3) is 0 Å². The Morgan fingerprint density at radius 1 is 1.10 bits per heavy atom. The molecular formula is C13H31N5O2S. The zero-order valence-corrected chi connectivity index (χ0v) is 14.1. The van der Waals surface area contributed by atoms with Crippen molar-refractivity contribution in [2.75, 3.05) is 72.2 Å². The van der Waals surface area contributed by atoms with Gasteiger partial charge in [-0.25, -0.2) is 0 Å². The molecule has 0 unspecified atom stereocenters. The largest absolute Gasteiger partial charge is 0.480 e. The Hall–Kier alpha value is -0.380. The highest BCUT2D eigenvalue weighted by molar-refractivity contribution is 7.80. The number of nitrogens with one attached hydrogen (secondary N) is 2. The Morgan fingerprint density at radius 3 is 1.52 bits per heavy atom. The molecular weight excluding hydrogens is 290 g/mol. The van der Waals surface area contributed by atoms with E-state index in [1.165, 1.54) is 26.2 Å². The Kier molecular flexibility index (Phi) is 13.1. The lowest BCUT2D eigenvalue weighted by Crippen LogP contribution is -2.40. The molecule has 21 heavy (non-hydrogen) atoms. The summed E-state index contributed by atoms with van der Waals surface area (Å²) in [5.74, 6) is -0.815. The van der Waals surface area contributed by atoms with Crippen molar-refractivity contribution in [3.63, 3.8) is 0 Å². The Bertz CT molecular complexity index is 243. The number of likely N-dealkylation sites (N-methyl/N-ethyl adjacent to an activating group) is 2. The maximum absolute atomic E-state index is 9.76. The number of carboxylic acids is 1. The molecule has 2 aliphatic heterocycles. The van der Waals surface area contributed by atoms with Crippen LogP contribution in [0, 0.1) is 0 Å². The molecule has 5 N–H and O–H groups in total. The summed E-state index contributed by atoms with van der Waals surface area (Å²) in [6.07, 6.45) is 0. The van der Waals surface area contributed by atoms with Crippen molar-refractivity contribution < 1.29 is 9.90 Å². The minimum atomic E-state index is -1.00. The predicted molar refractivity (Wildman–Crippen MR) is 90.2 cm³/mol. The van der Waals surface area contributed by atoms with Crippen molar-refractivity contribution in [2.24, 2.45) is 5.73 Å². The van der Waals surface area contributed by atoms with Crippen LogP contribution in [-0.2, 0) is 4.79 Å². The number of carboxylic acid groups (broad SMARTS) is 1. The molecule has 0 bridgehead atoms. The molecule has 2 heterocycles. The fraction of sp³-hybridized carbons (Fsp3) is 0.923. The SMILES string of the molecule is CN1CCNCC1.CN1CCNCC1.N[C@@H](CS)C(=O)O. The van der Waals surface area contributed by atoms with Gasteiger partial charge in [0, 0.05) is 58.1 Å². The minimum absolute atomic E-state index is 0.190. The molecule has 0 aromatic carbocycles. The van der Waals surface area contributed by atoms with Gasteiger partial charge in [-0.3, -0.25) is 4.79 Å². The summed E-state index contributed by atoms with van der Waals surface area (Å²) in [5.41, 5.74) is 4.94. The molecule has 2 rings (SSSR count). The van der Waals surface area contributed by atoms with Crippen molar-refractivity contribution in [3.05, 3.63) is 0 Å². The van der Waals surface area contributed by atoms with Crippen molar-refractivity contribution in [1.29, 1.82) is 0 Å². The van der Waals surface area contributed by atoms with E-state index in [-0.39, 0.29) is 5.75 Å². The highest BCUT2D eigenvalue weighted by Crippen LogP contribution is 1.83. The van der Waals surface area contributed by atoms with Crippen molar-refractivity contribution in [3.8, 4) is 0 Å². The molecule has 126 valence electrons. The molecule has 7 nitrogen and oxygen atoms in total. The lowest BCUT2D eigenvalue weighted by atomic mass is 10.4. The topological polar surface area (TPSA) is 93.9 Å². The fourth-order valence-electron chi connectivity index (χ4n) is 1.63. The predicted octanol–water partition coefficient (Wildman–Crippen LogP) is -1.63. The summed E-state index contributed by atoms with van der Waals surface area (Å²) in [7, 11) is 4.31. The van der Waals surface area contributed by atoms with Crippen LogP contribution in [0.15, 0.2) is 0 Å². The molecule has 0 aromatic heterocycles. The molecule has 0 spiro atoms. The Morgan fingerprint density at radius 2 is 1.43 bits per heavy atom. The van der Waals surface area contributed by atoms with Gasteiger partial charge in [0.15, 0.2) is 0 Å². The van der Waals surface area contributed by atoms with E-state index in [0.717, 1.165) is 26.2 Å². The second-order valence-electron chi connectivity index (χ2n) is 5.23. The molecule has 0 radical (unpaired) electrons. The van der Waals surface area contributed by atoms with E-state index in [0.29, 0.717) is 0 Å². The van der Waals surface area contributed by atoms with Crippen LogP contribution < -0.4 is 16.4 Å². The summed E-state index contributed by atoms with van der Waals surface area (Å²) >= 11 is 3.65. The second kappa shape index (κ2) is 13.3. The number of rotatable bonds is 2. The lowest BCUT2D eigenvalue weighted by molar-refractivity contribution is -0.137. The summed E-state index contributed by atoms with van der Waals surface area (Å²) in [6, 6.07) is -0.816. The van der Waals surface area contributed by atoms with Crippen LogP contribution >= 0.6 is 12.6 Å². The standard InChI is InChI=1S/2C5H12N2.C3H7NO2S/c2*1-7-4-2-6-3-5-7;4-2(1-7)3(5)6/h2*6H,2-5H2,1H3;2,7H,1,4H2,(H,5,6)/t;;2-/m..0/s1. The molecule has 1 atom stereocenters. The van der Waals surface area contributed by atoms with E-state index in [4.69, 9.17) is 10.8 Å². The van der Waals surface area contributed by atoms with Crippen LogP contribution in [0.1, 0.15) is 0 Å². The van der Waals surface area contributed by atoms with Crippen LogP contribution in [0.4, 0.5) is 0 Å². The second-order valence-corrected chi connectivity index (χ2v) is 5.60. The van der Waals surface area contributed by atoms with E-state index >= 15 is 0 Å². The molecule has 0 amide bonds. The number of nitrogens with two attached hydrogens (primary N) is 1. The van der Waals surface area contributed by atoms with E-state index in [1.54, 1.807) is 0 Å². The van der Waals surface area contributed by atoms with Gasteiger partial charge < -0.3 is 31.3 Å². The van der Waals surface area contributed by atoms with Crippen molar-refractivity contribution >= 4 is 18.6 Å². The van der Waals surface area contributed by atoms with Gasteiger partial charge in [-0.2, -0.15) is 12.6 Å². The highest BCUT2D eigenvalue weighted by atomic mass is 32.1. The molecule has 8 heteroatoms. The van der Waals surface area contributed by atoms with Gasteiger partial charge in [0.2, 0.25) is 0 Å². The summed E-state index contributed by atoms with van der Waals surface area (Å²) in [4.78, 5) is 14.4. The number of hydrogen-bond donors (Lipinski definition) is 5. The number of carbonyl (C=O) groups is 1. The highest BCUT2D eigenvalue weighted by Gasteiger charge is 2.06. The van der Waals surface area contributed by atoms with E-state index in [1.807, 2.05) is 0 Å². The first-order valence-electron chi connectivity index (χ1n) is 7.35. The van der Waals surface area contributed by atoms with Crippen LogP contribution in [-0.4, -0.2) is 99.1 Å². The smallest absolute Gasteiger partial charge is 0.321 e. The normalized spacial score (nSPS) is 21.3. The van der Waals surface area contributed by atoms with Gasteiger partial charge in [-0.15, -0.1) is 0 Å². The summed E-state index contributed by atoms with van der Waals surface area (Å²) < 4.78 is 0. The Balaban J connectivity index is 0.000000286. The average Bonchev–Trinajstić information content (AvgIpc) is 2.49. The molecule has 0 saturated carbocycles. The Labute approximate surface area is 133 Å². The maximum Gasteiger partial charge on any atom is 0.321 e. The molecule has 0 aliphatic carbocycles. The first-order chi connectivity index (χ1) is 9.97. The van der Waals surface area contributed by atoms with Gasteiger partial charge in [0.1, 0.15) is 6.04 Å². The molecule has 2 saturated heterocycles. The van der Waals surface area contributed by atoms with Gasteiger partial charge in [-0.1, -0.05) is 0 Å².